The fourth-order valence-electron chi connectivity index (χ4n) is 5.52. The minimum Gasteiger partial charge on any atom is -0.481 e. The fourth-order valence-corrected chi connectivity index (χ4v) is 5.52. The van der Waals surface area contributed by atoms with E-state index in [2.05, 4.69) is 10.6 Å². The summed E-state index contributed by atoms with van der Waals surface area (Å²) in [4.78, 5) is 23.6. The number of carbonyl (C=O) groups is 2. The Morgan fingerprint density at radius 3 is 2.38 bits per heavy atom. The largest absolute Gasteiger partial charge is 0.481 e. The van der Waals surface area contributed by atoms with E-state index < -0.39 is 11.4 Å². The van der Waals surface area contributed by atoms with Crippen LogP contribution in [0.2, 0.25) is 0 Å². The van der Waals surface area contributed by atoms with Gasteiger partial charge >= 0.3 is 12.0 Å². The van der Waals surface area contributed by atoms with E-state index in [1.807, 2.05) is 0 Å². The van der Waals surface area contributed by atoms with E-state index in [1.165, 1.54) is 19.3 Å². The normalized spacial score (nSPS) is 49.8. The van der Waals surface area contributed by atoms with Gasteiger partial charge in [0.1, 0.15) is 0 Å². The van der Waals surface area contributed by atoms with Gasteiger partial charge in [0.15, 0.2) is 0 Å². The van der Waals surface area contributed by atoms with Crippen LogP contribution in [-0.2, 0) is 4.79 Å². The molecule has 4 aliphatic rings. The molecule has 5 nitrogen and oxygen atoms in total. The molecule has 0 radical (unpaired) electrons. The lowest BCUT2D eigenvalue weighted by molar-refractivity contribution is -0.148. The second kappa shape index (κ2) is 4.37. The summed E-state index contributed by atoms with van der Waals surface area (Å²) < 4.78 is 0. The van der Waals surface area contributed by atoms with Crippen molar-refractivity contribution >= 4 is 12.0 Å². The first-order valence-corrected chi connectivity index (χ1v) is 8.31. The van der Waals surface area contributed by atoms with Crippen molar-refractivity contribution in [1.29, 1.82) is 0 Å². The third kappa shape index (κ3) is 1.89. The number of fused-ring (bicyclic) bond motifs is 5. The third-order valence-electron chi connectivity index (χ3n) is 6.78. The molecule has 4 fully saturated rings. The molecule has 2 bridgehead atoms. The minimum absolute atomic E-state index is 0.159. The Bertz CT molecular complexity index is 478. The van der Waals surface area contributed by atoms with Crippen molar-refractivity contribution in [3.05, 3.63) is 0 Å². The zero-order valence-corrected chi connectivity index (χ0v) is 12.5. The Morgan fingerprint density at radius 1 is 1.10 bits per heavy atom. The van der Waals surface area contributed by atoms with Crippen LogP contribution in [0.5, 0.6) is 0 Å². The lowest BCUT2D eigenvalue weighted by atomic mass is 9.85. The molecule has 4 aliphatic carbocycles. The van der Waals surface area contributed by atoms with Gasteiger partial charge in [-0.05, 0) is 62.7 Å². The summed E-state index contributed by atoms with van der Waals surface area (Å²) in [6.45, 7) is 1.75. The Morgan fingerprint density at radius 2 is 1.76 bits per heavy atom. The second-order valence-corrected chi connectivity index (χ2v) is 7.80. The number of carboxylic acids is 1. The number of nitrogens with one attached hydrogen (secondary N) is 2. The molecular weight excluding hydrogens is 268 g/mol. The maximum atomic E-state index is 12.2. The van der Waals surface area contributed by atoms with Crippen LogP contribution in [0, 0.1) is 29.1 Å². The first-order valence-electron chi connectivity index (χ1n) is 8.31. The molecule has 0 heterocycles. The zero-order chi connectivity index (χ0) is 14.8. The van der Waals surface area contributed by atoms with Gasteiger partial charge in [0, 0.05) is 12.1 Å². The third-order valence-corrected chi connectivity index (χ3v) is 6.78. The molecule has 4 saturated carbocycles. The van der Waals surface area contributed by atoms with Crippen molar-refractivity contribution in [3.8, 4) is 0 Å². The summed E-state index contributed by atoms with van der Waals surface area (Å²) >= 11 is 0. The number of hydrogen-bond acceptors (Lipinski definition) is 2. The highest BCUT2D eigenvalue weighted by atomic mass is 16.4. The quantitative estimate of drug-likeness (QED) is 0.744. The van der Waals surface area contributed by atoms with Crippen molar-refractivity contribution in [2.75, 3.05) is 0 Å². The molecule has 6 unspecified atom stereocenters. The summed E-state index contributed by atoms with van der Waals surface area (Å²) in [5, 5.41) is 15.4. The van der Waals surface area contributed by atoms with Gasteiger partial charge in [-0.3, -0.25) is 4.79 Å². The summed E-state index contributed by atoms with van der Waals surface area (Å²) in [5.74, 6) is 2.29. The Labute approximate surface area is 124 Å². The lowest BCUT2D eigenvalue weighted by Crippen LogP contribution is -2.51. The van der Waals surface area contributed by atoms with E-state index in [0.717, 1.165) is 24.7 Å². The van der Waals surface area contributed by atoms with Crippen LogP contribution in [0.3, 0.4) is 0 Å². The topological polar surface area (TPSA) is 78.4 Å². The van der Waals surface area contributed by atoms with E-state index in [4.69, 9.17) is 0 Å². The maximum absolute atomic E-state index is 12.2. The smallest absolute Gasteiger partial charge is 0.315 e. The highest BCUT2D eigenvalue weighted by Crippen LogP contribution is 2.65. The van der Waals surface area contributed by atoms with Crippen LogP contribution >= 0.6 is 0 Å². The maximum Gasteiger partial charge on any atom is 0.315 e. The van der Waals surface area contributed by atoms with Gasteiger partial charge in [-0.2, -0.15) is 0 Å². The SMILES string of the molecule is CC1(C(=O)O)CCCC1NC(=O)NC1C2C3CCC(C3)C12. The highest BCUT2D eigenvalue weighted by Gasteiger charge is 2.65. The lowest BCUT2D eigenvalue weighted by Gasteiger charge is -2.28. The molecular formula is C16H24N2O3. The van der Waals surface area contributed by atoms with E-state index in [1.54, 1.807) is 6.92 Å². The zero-order valence-electron chi connectivity index (χ0n) is 12.5. The van der Waals surface area contributed by atoms with Crippen molar-refractivity contribution in [3.63, 3.8) is 0 Å². The molecule has 0 aliphatic heterocycles. The number of urea groups is 1. The molecule has 0 saturated heterocycles. The molecule has 0 aromatic carbocycles. The molecule has 0 aromatic heterocycles. The van der Waals surface area contributed by atoms with Crippen molar-refractivity contribution in [1.82, 2.24) is 10.6 Å². The number of carbonyl (C=O) groups excluding carboxylic acids is 1. The van der Waals surface area contributed by atoms with Crippen molar-refractivity contribution in [2.45, 2.75) is 57.5 Å². The first-order chi connectivity index (χ1) is 10.0. The van der Waals surface area contributed by atoms with Crippen LogP contribution in [0.4, 0.5) is 4.79 Å². The van der Waals surface area contributed by atoms with Gasteiger partial charge in [-0.15, -0.1) is 0 Å². The Kier molecular flexibility index (Phi) is 2.79. The predicted octanol–water partition coefficient (Wildman–Crippen LogP) is 1.97. The predicted molar refractivity (Wildman–Crippen MR) is 76.6 cm³/mol. The molecule has 116 valence electrons. The van der Waals surface area contributed by atoms with Crippen LogP contribution in [0.1, 0.15) is 45.4 Å². The number of amides is 2. The van der Waals surface area contributed by atoms with Crippen LogP contribution in [0.15, 0.2) is 0 Å². The number of rotatable bonds is 3. The Balaban J connectivity index is 1.34. The van der Waals surface area contributed by atoms with E-state index in [-0.39, 0.29) is 12.1 Å². The molecule has 2 amide bonds. The van der Waals surface area contributed by atoms with E-state index in [9.17, 15) is 14.7 Å². The first kappa shape index (κ1) is 13.4. The average Bonchev–Trinajstić information content (AvgIpc) is 2.82. The van der Waals surface area contributed by atoms with Gasteiger partial charge in [0.05, 0.1) is 5.41 Å². The number of carboxylic acid groups (broad SMARTS) is 1. The van der Waals surface area contributed by atoms with Crippen molar-refractivity contribution < 1.29 is 14.7 Å². The second-order valence-electron chi connectivity index (χ2n) is 7.80. The minimum atomic E-state index is -0.810. The molecule has 21 heavy (non-hydrogen) atoms. The Hall–Kier alpha value is -1.26. The monoisotopic (exact) mass is 292 g/mol. The summed E-state index contributed by atoms with van der Waals surface area (Å²) in [5.41, 5.74) is -0.810. The van der Waals surface area contributed by atoms with E-state index >= 15 is 0 Å². The van der Waals surface area contributed by atoms with Crippen LogP contribution in [0.25, 0.3) is 0 Å². The van der Waals surface area contributed by atoms with Crippen LogP contribution < -0.4 is 10.6 Å². The summed E-state index contributed by atoms with van der Waals surface area (Å²) in [7, 11) is 0. The number of hydrogen-bond donors (Lipinski definition) is 3. The molecule has 0 aromatic rings. The van der Waals surface area contributed by atoms with Crippen LogP contribution in [-0.4, -0.2) is 29.2 Å². The molecule has 0 spiro atoms. The fraction of sp³-hybridized carbons (Fsp3) is 0.875. The van der Waals surface area contributed by atoms with Gasteiger partial charge in [0.2, 0.25) is 0 Å². The summed E-state index contributed by atoms with van der Waals surface area (Å²) in [6.07, 6.45) is 6.32. The number of aliphatic carboxylic acids is 1. The van der Waals surface area contributed by atoms with Crippen molar-refractivity contribution in [2.24, 2.45) is 29.1 Å². The van der Waals surface area contributed by atoms with Gasteiger partial charge < -0.3 is 15.7 Å². The van der Waals surface area contributed by atoms with E-state index in [0.29, 0.717) is 24.3 Å². The summed E-state index contributed by atoms with van der Waals surface area (Å²) in [6, 6.07) is -0.0489. The van der Waals surface area contributed by atoms with Gasteiger partial charge in [-0.1, -0.05) is 6.42 Å². The average molecular weight is 292 g/mol. The highest BCUT2D eigenvalue weighted by molar-refractivity contribution is 5.79. The molecule has 3 N–H and O–H groups in total. The standard InChI is InChI=1S/C16H24N2O3/c1-16(14(19)20)6-2-3-10(16)17-15(21)18-13-11-8-4-5-9(7-8)12(11)13/h8-13H,2-7H2,1H3,(H,19,20)(H2,17,18,21). The molecule has 5 heteroatoms. The molecule has 6 atom stereocenters. The van der Waals surface area contributed by atoms with Gasteiger partial charge in [-0.25, -0.2) is 4.79 Å². The van der Waals surface area contributed by atoms with Gasteiger partial charge in [0.25, 0.3) is 0 Å². The molecule has 4 rings (SSSR count).